The maximum absolute atomic E-state index is 13.8. The maximum atomic E-state index is 13.8. The number of ether oxygens (including phenoxy) is 1. The molecule has 0 bridgehead atoms. The Morgan fingerprint density at radius 3 is 1.95 bits per heavy atom. The van der Waals surface area contributed by atoms with Gasteiger partial charge in [-0.05, 0) is 55.2 Å². The van der Waals surface area contributed by atoms with Crippen molar-refractivity contribution in [1.82, 2.24) is 10.2 Å². The zero-order valence-electron chi connectivity index (χ0n) is 23.6. The molecule has 0 saturated heterocycles. The minimum absolute atomic E-state index is 0.0506. The number of sulfonamides is 1. The monoisotopic (exact) mass is 565 g/mol. The number of nitrogens with zero attached hydrogens (tertiary/aromatic N) is 2. The molecule has 0 aliphatic carbocycles. The Hall–Kier alpha value is -3.85. The highest BCUT2D eigenvalue weighted by Crippen LogP contribution is 2.23. The van der Waals surface area contributed by atoms with Gasteiger partial charge in [-0.25, -0.2) is 8.42 Å². The van der Waals surface area contributed by atoms with Gasteiger partial charge in [-0.15, -0.1) is 0 Å². The van der Waals surface area contributed by atoms with Crippen LogP contribution in [-0.2, 0) is 32.8 Å². The Labute approximate surface area is 238 Å². The van der Waals surface area contributed by atoms with Gasteiger partial charge in [0.2, 0.25) is 21.8 Å². The number of amides is 2. The number of carbonyl (C=O) groups excluding carboxylic acids is 2. The van der Waals surface area contributed by atoms with E-state index in [1.54, 1.807) is 24.3 Å². The lowest BCUT2D eigenvalue weighted by Gasteiger charge is -2.33. The molecule has 2 unspecified atom stereocenters. The molecule has 8 nitrogen and oxygen atoms in total. The molecular formula is C31H39N3O5S. The van der Waals surface area contributed by atoms with E-state index < -0.39 is 28.5 Å². The Balaban J connectivity index is 1.83. The standard InChI is InChI=1S/C31H39N3O5S/c1-5-24(3)32-31(36)29(6-2)33(21-25-13-9-7-10-14-25)30(35)22-34(40(4,37)38)27-17-19-28(20-18-27)39-23-26-15-11-8-12-16-26/h7-20,24,29H,5-6,21-23H2,1-4H3,(H,32,36). The van der Waals surface area contributed by atoms with Crippen molar-refractivity contribution < 1.29 is 22.7 Å². The summed E-state index contributed by atoms with van der Waals surface area (Å²) in [4.78, 5) is 28.4. The fourth-order valence-electron chi connectivity index (χ4n) is 4.20. The molecule has 0 saturated carbocycles. The van der Waals surface area contributed by atoms with Gasteiger partial charge in [0.1, 0.15) is 24.9 Å². The highest BCUT2D eigenvalue weighted by Gasteiger charge is 2.32. The van der Waals surface area contributed by atoms with Crippen LogP contribution in [0.25, 0.3) is 0 Å². The number of hydrogen-bond acceptors (Lipinski definition) is 5. The predicted octanol–water partition coefficient (Wildman–Crippen LogP) is 4.75. The first-order valence-electron chi connectivity index (χ1n) is 13.5. The van der Waals surface area contributed by atoms with Crippen molar-refractivity contribution >= 4 is 27.5 Å². The summed E-state index contributed by atoms with van der Waals surface area (Å²) in [5, 5.41) is 2.97. The van der Waals surface area contributed by atoms with E-state index in [-0.39, 0.29) is 18.5 Å². The van der Waals surface area contributed by atoms with E-state index in [2.05, 4.69) is 5.32 Å². The molecule has 2 atom stereocenters. The zero-order chi connectivity index (χ0) is 29.1. The van der Waals surface area contributed by atoms with Gasteiger partial charge in [-0.3, -0.25) is 13.9 Å². The number of hydrogen-bond donors (Lipinski definition) is 1. The zero-order valence-corrected chi connectivity index (χ0v) is 24.4. The number of benzene rings is 3. The van der Waals surface area contributed by atoms with Crippen molar-refractivity contribution in [3.05, 3.63) is 96.1 Å². The van der Waals surface area contributed by atoms with E-state index in [4.69, 9.17) is 4.74 Å². The molecule has 40 heavy (non-hydrogen) atoms. The summed E-state index contributed by atoms with van der Waals surface area (Å²) in [5.74, 6) is -0.150. The number of nitrogens with one attached hydrogen (secondary N) is 1. The molecule has 0 heterocycles. The summed E-state index contributed by atoms with van der Waals surface area (Å²) in [6.07, 6.45) is 2.20. The van der Waals surface area contributed by atoms with Crippen LogP contribution in [0.3, 0.4) is 0 Å². The van der Waals surface area contributed by atoms with Crippen molar-refractivity contribution in [2.45, 2.75) is 58.8 Å². The highest BCUT2D eigenvalue weighted by molar-refractivity contribution is 7.92. The Kier molecular flexibility index (Phi) is 11.1. The maximum Gasteiger partial charge on any atom is 0.244 e. The number of carbonyl (C=O) groups is 2. The molecule has 214 valence electrons. The Morgan fingerprint density at radius 2 is 1.43 bits per heavy atom. The molecule has 2 amide bonds. The van der Waals surface area contributed by atoms with E-state index >= 15 is 0 Å². The number of anilines is 1. The fourth-order valence-corrected chi connectivity index (χ4v) is 5.05. The van der Waals surface area contributed by atoms with Crippen molar-refractivity contribution in [2.24, 2.45) is 0 Å². The Morgan fingerprint density at radius 1 is 0.850 bits per heavy atom. The highest BCUT2D eigenvalue weighted by atomic mass is 32.2. The molecule has 0 aliphatic rings. The lowest BCUT2D eigenvalue weighted by Crippen LogP contribution is -2.53. The van der Waals surface area contributed by atoms with Gasteiger partial charge in [0.05, 0.1) is 11.9 Å². The lowest BCUT2D eigenvalue weighted by molar-refractivity contribution is -0.140. The second-order valence-corrected chi connectivity index (χ2v) is 11.7. The second kappa shape index (κ2) is 14.5. The normalized spacial score (nSPS) is 12.7. The topological polar surface area (TPSA) is 96.0 Å². The third-order valence-electron chi connectivity index (χ3n) is 6.63. The third kappa shape index (κ3) is 8.84. The van der Waals surface area contributed by atoms with Crippen molar-refractivity contribution in [1.29, 1.82) is 0 Å². The predicted molar refractivity (Wildman–Crippen MR) is 158 cm³/mol. The summed E-state index contributed by atoms with van der Waals surface area (Å²) in [6.45, 7) is 5.83. The minimum Gasteiger partial charge on any atom is -0.489 e. The van der Waals surface area contributed by atoms with E-state index in [1.807, 2.05) is 81.4 Å². The van der Waals surface area contributed by atoms with Gasteiger partial charge in [0.25, 0.3) is 0 Å². The van der Waals surface area contributed by atoms with Crippen LogP contribution < -0.4 is 14.4 Å². The quantitative estimate of drug-likeness (QED) is 0.304. The Bertz CT molecular complexity index is 1330. The third-order valence-corrected chi connectivity index (χ3v) is 7.78. The van der Waals surface area contributed by atoms with Crippen molar-refractivity contribution in [2.75, 3.05) is 17.1 Å². The first-order chi connectivity index (χ1) is 19.1. The van der Waals surface area contributed by atoms with Crippen LogP contribution in [-0.4, -0.2) is 50.0 Å². The number of rotatable bonds is 14. The van der Waals surface area contributed by atoms with Crippen LogP contribution in [0.5, 0.6) is 5.75 Å². The largest absolute Gasteiger partial charge is 0.489 e. The van der Waals surface area contributed by atoms with Gasteiger partial charge in [0, 0.05) is 12.6 Å². The minimum atomic E-state index is -3.82. The smallest absolute Gasteiger partial charge is 0.244 e. The molecule has 9 heteroatoms. The van der Waals surface area contributed by atoms with E-state index in [9.17, 15) is 18.0 Å². The molecule has 0 radical (unpaired) electrons. The summed E-state index contributed by atoms with van der Waals surface area (Å²) >= 11 is 0. The van der Waals surface area contributed by atoms with Crippen LogP contribution >= 0.6 is 0 Å². The molecule has 3 aromatic carbocycles. The molecule has 3 rings (SSSR count). The molecule has 0 spiro atoms. The van der Waals surface area contributed by atoms with Gasteiger partial charge >= 0.3 is 0 Å². The molecule has 0 aromatic heterocycles. The average molecular weight is 566 g/mol. The van der Waals surface area contributed by atoms with Crippen LogP contribution in [0.2, 0.25) is 0 Å². The molecular weight excluding hydrogens is 526 g/mol. The molecule has 0 aliphatic heterocycles. The van der Waals surface area contributed by atoms with E-state index in [0.717, 1.165) is 28.1 Å². The first-order valence-corrected chi connectivity index (χ1v) is 15.4. The van der Waals surface area contributed by atoms with Crippen molar-refractivity contribution in [3.8, 4) is 5.75 Å². The van der Waals surface area contributed by atoms with Crippen LogP contribution in [0, 0.1) is 0 Å². The van der Waals surface area contributed by atoms with Gasteiger partial charge in [-0.1, -0.05) is 74.5 Å². The summed E-state index contributed by atoms with van der Waals surface area (Å²) in [6, 6.07) is 24.8. The van der Waals surface area contributed by atoms with Gasteiger partial charge in [0.15, 0.2) is 0 Å². The lowest BCUT2D eigenvalue weighted by atomic mass is 10.1. The summed E-state index contributed by atoms with van der Waals surface area (Å²) in [7, 11) is -3.82. The van der Waals surface area contributed by atoms with E-state index in [0.29, 0.717) is 24.5 Å². The molecule has 0 fully saturated rings. The van der Waals surface area contributed by atoms with Crippen molar-refractivity contribution in [3.63, 3.8) is 0 Å². The second-order valence-electron chi connectivity index (χ2n) is 9.79. The van der Waals surface area contributed by atoms with Gasteiger partial charge in [-0.2, -0.15) is 0 Å². The molecule has 3 aromatic rings. The SMILES string of the molecule is CCC(C)NC(=O)C(CC)N(Cc1ccccc1)C(=O)CN(c1ccc(OCc2ccccc2)cc1)S(C)(=O)=O. The summed E-state index contributed by atoms with van der Waals surface area (Å²) in [5.41, 5.74) is 2.19. The fraction of sp³-hybridized carbons (Fsp3) is 0.355. The van der Waals surface area contributed by atoms with Crippen LogP contribution in [0.4, 0.5) is 5.69 Å². The molecule has 1 N–H and O–H groups in total. The summed E-state index contributed by atoms with van der Waals surface area (Å²) < 4.78 is 32.6. The van der Waals surface area contributed by atoms with Crippen LogP contribution in [0.15, 0.2) is 84.9 Å². The van der Waals surface area contributed by atoms with Crippen LogP contribution in [0.1, 0.15) is 44.7 Å². The average Bonchev–Trinajstić information content (AvgIpc) is 2.95. The van der Waals surface area contributed by atoms with Gasteiger partial charge < -0.3 is 15.0 Å². The van der Waals surface area contributed by atoms with E-state index in [1.165, 1.54) is 4.90 Å². The first kappa shape index (κ1) is 30.7.